The third-order valence-corrected chi connectivity index (χ3v) is 16.2. The van der Waals surface area contributed by atoms with Crippen molar-refractivity contribution in [3.8, 4) is 46.2 Å². The standard InChI is InChI=1S/C62H36B2Cl4N8O6S2/c65-47-29-51-53(31-49(47)67)73-55(35-71-51)45(33-69)61-58-57(59(37-21-25-43(26-22-37)81-83(77)78)75(61)63(39-13-5-1-6-14-39)40-15-7-2-8-16-40)62(46(34-70)56-36-72-52-30-48(66)50(68)32-54(52)74-56)76(60(58)38-23-27-44(28-24-38)82-84(79)80)64(41-17-9-3-10-18-41)42-19-11-4-12-20-42/h1-32,35-36H,(H,77,78)(H,79,80)/b61-45-,62-46-. The number of hydrogen-bond donors (Lipinski definition) is 2. The second kappa shape index (κ2) is 23.8. The van der Waals surface area contributed by atoms with Gasteiger partial charge >= 0.3 is 36.4 Å². The highest BCUT2D eigenvalue weighted by Gasteiger charge is 2.37. The van der Waals surface area contributed by atoms with Gasteiger partial charge in [-0.15, -0.1) is 0 Å². The van der Waals surface area contributed by atoms with E-state index in [0.717, 1.165) is 21.9 Å². The lowest BCUT2D eigenvalue weighted by atomic mass is 9.50. The van der Waals surface area contributed by atoms with Crippen molar-refractivity contribution in [2.75, 3.05) is 0 Å². The Kier molecular flexibility index (Phi) is 15.7. The van der Waals surface area contributed by atoms with Crippen molar-refractivity contribution < 1.29 is 25.9 Å². The Labute approximate surface area is 505 Å². The van der Waals surface area contributed by atoms with Crippen LogP contribution in [-0.4, -0.2) is 60.1 Å². The van der Waals surface area contributed by atoms with Crippen LogP contribution in [0.2, 0.25) is 20.1 Å². The van der Waals surface area contributed by atoms with E-state index in [9.17, 15) is 28.0 Å². The molecule has 0 saturated heterocycles. The van der Waals surface area contributed by atoms with E-state index in [4.69, 9.17) is 74.7 Å². The van der Waals surface area contributed by atoms with Gasteiger partial charge in [0.05, 0.1) is 65.2 Å². The Bertz CT molecular complexity index is 4450. The van der Waals surface area contributed by atoms with Gasteiger partial charge in [0.1, 0.15) is 46.2 Å². The predicted octanol–water partition coefficient (Wildman–Crippen LogP) is 10.1. The topological polar surface area (TPSA) is 202 Å². The number of rotatable bonds is 14. The molecule has 12 rings (SSSR count). The van der Waals surface area contributed by atoms with Crippen molar-refractivity contribution in [2.24, 2.45) is 0 Å². The van der Waals surface area contributed by atoms with Gasteiger partial charge in [0.15, 0.2) is 0 Å². The van der Waals surface area contributed by atoms with Crippen LogP contribution in [0.15, 0.2) is 207 Å². The number of benzene rings is 8. The van der Waals surface area contributed by atoms with E-state index in [1.165, 1.54) is 12.4 Å². The highest BCUT2D eigenvalue weighted by molar-refractivity contribution is 7.74. The monoisotopic (exact) mass is 1210 g/mol. The Morgan fingerprint density at radius 2 is 0.750 bits per heavy atom. The Morgan fingerprint density at radius 1 is 0.452 bits per heavy atom. The number of halogens is 4. The molecule has 2 unspecified atom stereocenters. The summed E-state index contributed by atoms with van der Waals surface area (Å²) in [5, 5.41) is 26.9. The molecule has 0 fully saturated rings. The first-order valence-electron chi connectivity index (χ1n) is 25.5. The first-order chi connectivity index (χ1) is 40.9. The average molecular weight is 1220 g/mol. The van der Waals surface area contributed by atoms with E-state index >= 15 is 0 Å². The van der Waals surface area contributed by atoms with Crippen molar-refractivity contribution >= 4 is 149 Å². The zero-order chi connectivity index (χ0) is 58.2. The fourth-order valence-corrected chi connectivity index (χ4v) is 11.9. The van der Waals surface area contributed by atoms with Gasteiger partial charge in [-0.25, -0.2) is 9.97 Å². The summed E-state index contributed by atoms with van der Waals surface area (Å²) in [7, 11) is 0. The fourth-order valence-electron chi connectivity index (χ4n) is 10.7. The summed E-state index contributed by atoms with van der Waals surface area (Å²) in [6.45, 7) is -1.59. The second-order valence-corrected chi connectivity index (χ2v) is 21.8. The molecule has 0 aliphatic rings. The van der Waals surface area contributed by atoms with Crippen LogP contribution in [0.3, 0.4) is 0 Å². The molecule has 0 saturated carbocycles. The molecule has 4 heterocycles. The Hall–Kier alpha value is -8.91. The quantitative estimate of drug-likeness (QED) is 0.0772. The lowest BCUT2D eigenvalue weighted by Crippen LogP contribution is -2.54. The lowest BCUT2D eigenvalue weighted by Gasteiger charge is -2.24. The van der Waals surface area contributed by atoms with Gasteiger partial charge in [0.2, 0.25) is 0 Å². The SMILES string of the molecule is N#C/C(c1cnc2cc(Cl)c(Cl)cc2n1)=c1\c2c(-c3ccc(OS(=O)O)cc3)n(B(c3ccccc3)c3ccccc3)/c(=C(/C#N)c3cnc4cc(Cl)c(Cl)cc4n3)c2c(-c2ccc(OS(=O)O)cc2)n1B(c1ccccc1)c1ccccc1. The van der Waals surface area contributed by atoms with Crippen LogP contribution in [0.1, 0.15) is 11.4 Å². The van der Waals surface area contributed by atoms with E-state index < -0.39 is 36.4 Å². The third-order valence-electron chi connectivity index (χ3n) is 14.1. The van der Waals surface area contributed by atoms with Gasteiger partial charge in [-0.05, 0) is 83.9 Å². The van der Waals surface area contributed by atoms with Crippen LogP contribution in [0.25, 0.3) is 66.5 Å². The molecule has 0 spiro atoms. The van der Waals surface area contributed by atoms with Crippen LogP contribution >= 0.6 is 46.4 Å². The van der Waals surface area contributed by atoms with Crippen molar-refractivity contribution in [2.45, 2.75) is 0 Å². The van der Waals surface area contributed by atoms with Crippen LogP contribution in [0.4, 0.5) is 0 Å². The Balaban J connectivity index is 1.44. The molecule has 8 aromatic carbocycles. The first-order valence-corrected chi connectivity index (χ1v) is 29.1. The van der Waals surface area contributed by atoms with Crippen LogP contribution in [0, 0.1) is 22.7 Å². The van der Waals surface area contributed by atoms with E-state index in [0.29, 0.717) is 66.1 Å². The van der Waals surface area contributed by atoms with E-state index in [1.807, 2.05) is 121 Å². The van der Waals surface area contributed by atoms with Gasteiger partial charge in [-0.3, -0.25) is 19.1 Å². The van der Waals surface area contributed by atoms with E-state index in [1.54, 1.807) is 72.8 Å². The zero-order valence-electron chi connectivity index (χ0n) is 43.2. The fraction of sp³-hybridized carbons (Fsp3) is 0. The van der Waals surface area contributed by atoms with Crippen molar-refractivity contribution in [1.82, 2.24) is 28.9 Å². The molecular weight excluding hydrogens is 1180 g/mol. The minimum Gasteiger partial charge on any atom is -0.380 e. The summed E-state index contributed by atoms with van der Waals surface area (Å²) in [6.07, 6.45) is 3.00. The molecule has 2 N–H and O–H groups in total. The smallest absolute Gasteiger partial charge is 0.357 e. The van der Waals surface area contributed by atoms with Crippen molar-refractivity contribution in [3.63, 3.8) is 0 Å². The molecule has 0 amide bonds. The number of aromatic nitrogens is 6. The molecule has 0 aliphatic heterocycles. The normalized spacial score (nSPS) is 12.8. The third kappa shape index (κ3) is 10.6. The van der Waals surface area contributed by atoms with Gasteiger partial charge in [-0.1, -0.05) is 190 Å². The summed E-state index contributed by atoms with van der Waals surface area (Å²) >= 11 is 21.0. The number of fused-ring (bicyclic) bond motifs is 3. The minimum atomic E-state index is -2.69. The number of nitrogens with zero attached hydrogens (tertiary/aromatic N) is 8. The highest BCUT2D eigenvalue weighted by atomic mass is 35.5. The zero-order valence-corrected chi connectivity index (χ0v) is 47.9. The van der Waals surface area contributed by atoms with Crippen LogP contribution in [0.5, 0.6) is 11.5 Å². The average Bonchev–Trinajstić information content (AvgIpc) is 1.72. The summed E-state index contributed by atoms with van der Waals surface area (Å²) in [6, 6.07) is 63.6. The molecule has 84 heavy (non-hydrogen) atoms. The molecule has 406 valence electrons. The summed E-state index contributed by atoms with van der Waals surface area (Å²) in [4.78, 5) is 19.9. The first kappa shape index (κ1) is 55.6. The molecule has 2 atom stereocenters. The van der Waals surface area contributed by atoms with E-state index in [2.05, 4.69) is 21.1 Å². The summed E-state index contributed by atoms with van der Waals surface area (Å²) in [5.74, 6) is 0.136. The van der Waals surface area contributed by atoms with Crippen LogP contribution in [-0.2, 0) is 22.7 Å². The molecule has 0 aliphatic carbocycles. The number of nitriles is 2. The molecular formula is C62H36B2Cl4N8O6S2. The summed E-state index contributed by atoms with van der Waals surface area (Å²) in [5.41, 5.74) is 6.87. The molecule has 22 heteroatoms. The largest absolute Gasteiger partial charge is 0.380 e. The molecule has 0 bridgehead atoms. The molecule has 0 radical (unpaired) electrons. The van der Waals surface area contributed by atoms with Crippen LogP contribution < -0.4 is 40.9 Å². The van der Waals surface area contributed by atoms with Gasteiger partial charge in [0, 0.05) is 22.2 Å². The van der Waals surface area contributed by atoms with Crippen molar-refractivity contribution in [1.29, 1.82) is 10.5 Å². The van der Waals surface area contributed by atoms with Gasteiger partial charge in [-0.2, -0.15) is 18.9 Å². The maximum absolute atomic E-state index is 12.3. The van der Waals surface area contributed by atoms with Gasteiger partial charge in [0.25, 0.3) is 0 Å². The predicted molar refractivity (Wildman–Crippen MR) is 335 cm³/mol. The maximum Gasteiger partial charge on any atom is 0.357 e. The maximum atomic E-state index is 12.3. The Morgan fingerprint density at radius 3 is 1.04 bits per heavy atom. The minimum absolute atomic E-state index is 0.0336. The molecule has 14 nitrogen and oxygen atoms in total. The van der Waals surface area contributed by atoms with Gasteiger partial charge < -0.3 is 17.3 Å². The lowest BCUT2D eigenvalue weighted by molar-refractivity contribution is 0.456. The van der Waals surface area contributed by atoms with Crippen molar-refractivity contribution in [3.05, 3.63) is 249 Å². The molecule has 4 aromatic heterocycles. The highest BCUT2D eigenvalue weighted by Crippen LogP contribution is 2.38. The molecule has 12 aromatic rings. The summed E-state index contributed by atoms with van der Waals surface area (Å²) < 4.78 is 59.1. The second-order valence-electron chi connectivity index (χ2n) is 19.0. The number of hydrogen-bond acceptors (Lipinski definition) is 10. The van der Waals surface area contributed by atoms with E-state index in [-0.39, 0.29) is 54.1 Å².